The minimum absolute atomic E-state index is 0. The van der Waals surface area contributed by atoms with E-state index < -0.39 is 0 Å². The first-order valence-corrected chi connectivity index (χ1v) is 3.55. The summed E-state index contributed by atoms with van der Waals surface area (Å²) in [5.41, 5.74) is 0.987. The quantitative estimate of drug-likeness (QED) is 0.509. The molecule has 0 bridgehead atoms. The molecule has 0 fully saturated rings. The average Bonchev–Trinajstić information content (AvgIpc) is 2.03. The molecule has 66 valence electrons. The molecule has 0 saturated carbocycles. The van der Waals surface area contributed by atoms with Gasteiger partial charge in [0.15, 0.2) is 0 Å². The van der Waals surface area contributed by atoms with Crippen molar-refractivity contribution in [2.24, 2.45) is 4.99 Å². The van der Waals surface area contributed by atoms with Gasteiger partial charge in [-0.15, -0.1) is 12.4 Å². The van der Waals surface area contributed by atoms with Gasteiger partial charge in [-0.05, 0) is 12.1 Å². The zero-order chi connectivity index (χ0) is 8.10. The van der Waals surface area contributed by atoms with Gasteiger partial charge in [0.25, 0.3) is 0 Å². The van der Waals surface area contributed by atoms with Crippen molar-refractivity contribution in [1.82, 2.24) is 4.90 Å². The van der Waals surface area contributed by atoms with E-state index in [4.69, 9.17) is 0 Å². The summed E-state index contributed by atoms with van der Waals surface area (Å²) in [7, 11) is 3.90. The lowest BCUT2D eigenvalue weighted by atomic mass is 10.3. The maximum absolute atomic E-state index is 4.21. The van der Waals surface area contributed by atoms with E-state index in [1.807, 2.05) is 49.3 Å². The summed E-state index contributed by atoms with van der Waals surface area (Å²) in [4.78, 5) is 6.12. The van der Waals surface area contributed by atoms with E-state index in [2.05, 4.69) is 4.99 Å². The van der Waals surface area contributed by atoms with Crippen LogP contribution in [-0.2, 0) is 0 Å². The molecule has 12 heavy (non-hydrogen) atoms. The Kier molecular flexibility index (Phi) is 5.13. The molecular weight excluding hydrogens is 172 g/mol. The van der Waals surface area contributed by atoms with Crippen molar-refractivity contribution in [2.45, 2.75) is 0 Å². The van der Waals surface area contributed by atoms with Gasteiger partial charge in [0.2, 0.25) is 0 Å². The molecule has 0 aliphatic rings. The zero-order valence-electron chi connectivity index (χ0n) is 7.27. The zero-order valence-corrected chi connectivity index (χ0v) is 8.08. The first-order chi connectivity index (χ1) is 5.29. The van der Waals surface area contributed by atoms with Gasteiger partial charge in [0.05, 0.1) is 12.0 Å². The fourth-order valence-corrected chi connectivity index (χ4v) is 0.696. The third kappa shape index (κ3) is 3.98. The molecule has 0 atom stereocenters. The molecule has 0 amide bonds. The Hall–Kier alpha value is -1.02. The Balaban J connectivity index is 0.00000121. The second-order valence-electron chi connectivity index (χ2n) is 2.54. The molecule has 0 aliphatic heterocycles. The van der Waals surface area contributed by atoms with Gasteiger partial charge in [0, 0.05) is 14.1 Å². The highest BCUT2D eigenvalue weighted by Gasteiger charge is 1.82. The van der Waals surface area contributed by atoms with Crippen molar-refractivity contribution >= 4 is 24.4 Å². The normalized spacial score (nSPS) is 9.50. The van der Waals surface area contributed by atoms with Crippen LogP contribution in [-0.4, -0.2) is 25.3 Å². The van der Waals surface area contributed by atoms with Crippen LogP contribution in [0.5, 0.6) is 0 Å². The highest BCUT2D eigenvalue weighted by molar-refractivity contribution is 5.85. The molecule has 0 radical (unpaired) electrons. The third-order valence-electron chi connectivity index (χ3n) is 1.19. The summed E-state index contributed by atoms with van der Waals surface area (Å²) >= 11 is 0. The monoisotopic (exact) mass is 184 g/mol. The highest BCUT2D eigenvalue weighted by Crippen LogP contribution is 2.07. The summed E-state index contributed by atoms with van der Waals surface area (Å²) in [6, 6.07) is 9.87. The van der Waals surface area contributed by atoms with Crippen molar-refractivity contribution in [2.75, 3.05) is 14.1 Å². The van der Waals surface area contributed by atoms with Crippen molar-refractivity contribution in [3.8, 4) is 0 Å². The van der Waals surface area contributed by atoms with Crippen LogP contribution in [0.25, 0.3) is 0 Å². The first kappa shape index (κ1) is 11.0. The van der Waals surface area contributed by atoms with Crippen LogP contribution in [0, 0.1) is 0 Å². The minimum atomic E-state index is 0. The lowest BCUT2D eigenvalue weighted by molar-refractivity contribution is 0.643. The maximum atomic E-state index is 4.21. The molecule has 0 aromatic heterocycles. The molecule has 0 spiro atoms. The maximum Gasteiger partial charge on any atom is 0.0907 e. The predicted octanol–water partition coefficient (Wildman–Crippen LogP) is 2.33. The van der Waals surface area contributed by atoms with E-state index in [0.717, 1.165) is 5.69 Å². The lowest BCUT2D eigenvalue weighted by Gasteiger charge is -2.01. The Morgan fingerprint density at radius 2 is 1.75 bits per heavy atom. The van der Waals surface area contributed by atoms with Gasteiger partial charge in [0.1, 0.15) is 0 Å². The summed E-state index contributed by atoms with van der Waals surface area (Å²) in [5.74, 6) is 0. The average molecular weight is 185 g/mol. The summed E-state index contributed by atoms with van der Waals surface area (Å²) < 4.78 is 0. The largest absolute Gasteiger partial charge is 0.369 e. The van der Waals surface area contributed by atoms with E-state index in [-0.39, 0.29) is 12.4 Å². The number of benzene rings is 1. The van der Waals surface area contributed by atoms with Crippen LogP contribution in [0.15, 0.2) is 35.3 Å². The van der Waals surface area contributed by atoms with Gasteiger partial charge >= 0.3 is 0 Å². The molecule has 1 aromatic rings. The Labute approximate surface area is 79.3 Å². The molecule has 0 N–H and O–H groups in total. The van der Waals surface area contributed by atoms with Crippen LogP contribution in [0.2, 0.25) is 0 Å². The third-order valence-corrected chi connectivity index (χ3v) is 1.19. The molecule has 0 unspecified atom stereocenters. The van der Waals surface area contributed by atoms with E-state index in [9.17, 15) is 0 Å². The van der Waals surface area contributed by atoms with Crippen LogP contribution in [0.1, 0.15) is 0 Å². The van der Waals surface area contributed by atoms with Gasteiger partial charge in [-0.3, -0.25) is 0 Å². The highest BCUT2D eigenvalue weighted by atomic mass is 35.5. The Morgan fingerprint density at radius 1 is 1.17 bits per heavy atom. The molecule has 0 aliphatic carbocycles. The van der Waals surface area contributed by atoms with Crippen molar-refractivity contribution in [3.05, 3.63) is 30.3 Å². The number of para-hydroxylation sites is 1. The van der Waals surface area contributed by atoms with Crippen LogP contribution in [0.3, 0.4) is 0 Å². The first-order valence-electron chi connectivity index (χ1n) is 3.55. The van der Waals surface area contributed by atoms with E-state index >= 15 is 0 Å². The Morgan fingerprint density at radius 3 is 2.25 bits per heavy atom. The van der Waals surface area contributed by atoms with E-state index in [1.165, 1.54) is 0 Å². The van der Waals surface area contributed by atoms with Crippen LogP contribution < -0.4 is 0 Å². The second kappa shape index (κ2) is 5.61. The molecule has 1 aromatic carbocycles. The molecule has 0 heterocycles. The van der Waals surface area contributed by atoms with E-state index in [0.29, 0.717) is 0 Å². The second-order valence-corrected chi connectivity index (χ2v) is 2.54. The summed E-state index contributed by atoms with van der Waals surface area (Å²) in [6.45, 7) is 0. The molecule has 0 saturated heterocycles. The van der Waals surface area contributed by atoms with E-state index in [1.54, 1.807) is 6.34 Å². The van der Waals surface area contributed by atoms with Crippen molar-refractivity contribution in [3.63, 3.8) is 0 Å². The van der Waals surface area contributed by atoms with Gasteiger partial charge in [-0.25, -0.2) is 4.99 Å². The minimum Gasteiger partial charge on any atom is -0.369 e. The molecular formula is C9H13ClN2. The summed E-state index contributed by atoms with van der Waals surface area (Å²) in [6.07, 6.45) is 1.79. The fourth-order valence-electron chi connectivity index (χ4n) is 0.696. The SMILES string of the molecule is CN(C)C=Nc1ccccc1.Cl. The van der Waals surface area contributed by atoms with Gasteiger partial charge in [-0.1, -0.05) is 18.2 Å². The molecule has 1 rings (SSSR count). The topological polar surface area (TPSA) is 15.6 Å². The van der Waals surface area contributed by atoms with Crippen molar-refractivity contribution in [1.29, 1.82) is 0 Å². The number of hydrogen-bond donors (Lipinski definition) is 0. The summed E-state index contributed by atoms with van der Waals surface area (Å²) in [5, 5.41) is 0. The Bertz CT molecular complexity index is 232. The number of aliphatic imine (C=N–C) groups is 1. The van der Waals surface area contributed by atoms with Crippen LogP contribution >= 0.6 is 12.4 Å². The standard InChI is InChI=1S/C9H12N2.ClH/c1-11(2)8-10-9-6-4-3-5-7-9;/h3-8H,1-2H3;1H. The number of rotatable bonds is 2. The fraction of sp³-hybridized carbons (Fsp3) is 0.222. The molecule has 2 nitrogen and oxygen atoms in total. The number of hydrogen-bond acceptors (Lipinski definition) is 1. The van der Waals surface area contributed by atoms with Crippen molar-refractivity contribution < 1.29 is 0 Å². The number of nitrogens with zero attached hydrogens (tertiary/aromatic N) is 2. The predicted molar refractivity (Wildman–Crippen MR) is 55.5 cm³/mol. The molecule has 3 heteroatoms. The van der Waals surface area contributed by atoms with Crippen LogP contribution in [0.4, 0.5) is 5.69 Å². The lowest BCUT2D eigenvalue weighted by Crippen LogP contribution is -2.06. The number of halogens is 1. The van der Waals surface area contributed by atoms with Gasteiger partial charge < -0.3 is 4.90 Å². The van der Waals surface area contributed by atoms with Gasteiger partial charge in [-0.2, -0.15) is 0 Å². The smallest absolute Gasteiger partial charge is 0.0907 e.